The molecule has 1 heterocycles. The largest absolute Gasteiger partial charge is 0.481 e. The third-order valence-electron chi connectivity index (χ3n) is 3.33. The summed E-state index contributed by atoms with van der Waals surface area (Å²) in [6.07, 6.45) is 4.71. The van der Waals surface area contributed by atoms with Gasteiger partial charge in [0.2, 0.25) is 0 Å². The maximum atomic E-state index is 11.9. The fourth-order valence-corrected chi connectivity index (χ4v) is 1.96. The van der Waals surface area contributed by atoms with Gasteiger partial charge in [-0.1, -0.05) is 45.2 Å². The third-order valence-corrected chi connectivity index (χ3v) is 3.33. The zero-order valence-corrected chi connectivity index (χ0v) is 13.6. The number of rotatable bonds is 9. The lowest BCUT2D eigenvalue weighted by atomic mass is 9.93. The van der Waals surface area contributed by atoms with Gasteiger partial charge in [-0.3, -0.25) is 9.59 Å². The van der Waals surface area contributed by atoms with Crippen LogP contribution in [-0.4, -0.2) is 28.7 Å². The number of unbranched alkanes of at least 4 members (excludes halogenated alkanes) is 4. The molecule has 2 N–H and O–H groups in total. The lowest BCUT2D eigenvalue weighted by Crippen LogP contribution is -2.24. The first-order valence-electron chi connectivity index (χ1n) is 7.78. The van der Waals surface area contributed by atoms with Crippen LogP contribution in [0.25, 0.3) is 0 Å². The second-order valence-corrected chi connectivity index (χ2v) is 6.49. The summed E-state index contributed by atoms with van der Waals surface area (Å²) >= 11 is 0. The molecule has 0 aromatic carbocycles. The van der Waals surface area contributed by atoms with Gasteiger partial charge in [-0.05, 0) is 12.8 Å². The van der Waals surface area contributed by atoms with Gasteiger partial charge in [0.05, 0.1) is 0 Å². The van der Waals surface area contributed by atoms with Crippen molar-refractivity contribution in [2.24, 2.45) is 0 Å². The Kier molecular flexibility index (Phi) is 7.08. The van der Waals surface area contributed by atoms with Crippen LogP contribution in [0.15, 0.2) is 10.6 Å². The first-order chi connectivity index (χ1) is 10.3. The van der Waals surface area contributed by atoms with Crippen molar-refractivity contribution in [3.05, 3.63) is 17.5 Å². The Balaban J connectivity index is 2.16. The zero-order valence-electron chi connectivity index (χ0n) is 13.6. The molecule has 0 spiro atoms. The highest BCUT2D eigenvalue weighted by Gasteiger charge is 2.21. The molecular formula is C16H26N2O4. The van der Waals surface area contributed by atoms with E-state index in [1.807, 2.05) is 20.8 Å². The van der Waals surface area contributed by atoms with Crippen molar-refractivity contribution in [3.63, 3.8) is 0 Å². The van der Waals surface area contributed by atoms with E-state index in [-0.39, 0.29) is 17.7 Å². The van der Waals surface area contributed by atoms with Gasteiger partial charge in [0.1, 0.15) is 5.76 Å². The van der Waals surface area contributed by atoms with Gasteiger partial charge >= 0.3 is 5.97 Å². The quantitative estimate of drug-likeness (QED) is 0.684. The number of hydrogen-bond donors (Lipinski definition) is 2. The SMILES string of the molecule is CC(C)(C)c1cc(C(=O)NCCCCCCCC(=O)O)no1. The lowest BCUT2D eigenvalue weighted by Gasteiger charge is -2.12. The molecule has 0 fully saturated rings. The van der Waals surface area contributed by atoms with E-state index in [9.17, 15) is 9.59 Å². The average molecular weight is 310 g/mol. The molecule has 0 saturated carbocycles. The summed E-state index contributed by atoms with van der Waals surface area (Å²) in [6, 6.07) is 1.68. The van der Waals surface area contributed by atoms with Gasteiger partial charge in [0.25, 0.3) is 5.91 Å². The minimum Gasteiger partial charge on any atom is -0.481 e. The maximum Gasteiger partial charge on any atom is 0.303 e. The molecule has 0 bridgehead atoms. The predicted octanol–water partition coefficient (Wildman–Crippen LogP) is 3.13. The number of amides is 1. The van der Waals surface area contributed by atoms with Gasteiger partial charge in [-0.2, -0.15) is 0 Å². The second-order valence-electron chi connectivity index (χ2n) is 6.49. The van der Waals surface area contributed by atoms with Gasteiger partial charge in [-0.25, -0.2) is 0 Å². The minimum atomic E-state index is -0.741. The number of nitrogens with one attached hydrogen (secondary N) is 1. The molecule has 6 nitrogen and oxygen atoms in total. The number of carboxylic acids is 1. The summed E-state index contributed by atoms with van der Waals surface area (Å²) < 4.78 is 5.18. The van der Waals surface area contributed by atoms with Crippen molar-refractivity contribution < 1.29 is 19.2 Å². The molecule has 0 aliphatic heterocycles. The molecule has 0 unspecified atom stereocenters. The number of hydrogen-bond acceptors (Lipinski definition) is 4. The molecular weight excluding hydrogens is 284 g/mol. The summed E-state index contributed by atoms with van der Waals surface area (Å²) in [6.45, 7) is 6.59. The first-order valence-corrected chi connectivity index (χ1v) is 7.78. The highest BCUT2D eigenvalue weighted by Crippen LogP contribution is 2.22. The van der Waals surface area contributed by atoms with Crippen LogP contribution < -0.4 is 5.32 Å². The number of carboxylic acid groups (broad SMARTS) is 1. The summed E-state index contributed by atoms with van der Waals surface area (Å²) in [7, 11) is 0. The Morgan fingerprint density at radius 3 is 2.41 bits per heavy atom. The van der Waals surface area contributed by atoms with E-state index in [0.29, 0.717) is 18.0 Å². The monoisotopic (exact) mass is 310 g/mol. The van der Waals surface area contributed by atoms with Crippen LogP contribution in [0, 0.1) is 0 Å². The summed E-state index contributed by atoms with van der Waals surface area (Å²) in [5.41, 5.74) is 0.146. The van der Waals surface area contributed by atoms with Gasteiger partial charge in [-0.15, -0.1) is 0 Å². The van der Waals surface area contributed by atoms with Crippen molar-refractivity contribution in [1.29, 1.82) is 0 Å². The van der Waals surface area contributed by atoms with Crippen LogP contribution in [-0.2, 0) is 10.2 Å². The van der Waals surface area contributed by atoms with E-state index in [1.54, 1.807) is 6.07 Å². The first kappa shape index (κ1) is 18.2. The second kappa shape index (κ2) is 8.56. The third kappa shape index (κ3) is 6.74. The van der Waals surface area contributed by atoms with Crippen molar-refractivity contribution in [1.82, 2.24) is 10.5 Å². The van der Waals surface area contributed by atoms with Crippen LogP contribution in [0.5, 0.6) is 0 Å². The molecule has 0 radical (unpaired) electrons. The summed E-state index contributed by atoms with van der Waals surface area (Å²) in [5, 5.41) is 15.1. The maximum absolute atomic E-state index is 11.9. The molecule has 1 aromatic rings. The molecule has 1 amide bonds. The number of nitrogens with zero attached hydrogens (tertiary/aromatic N) is 1. The van der Waals surface area contributed by atoms with E-state index >= 15 is 0 Å². The molecule has 0 saturated heterocycles. The Labute approximate surface area is 131 Å². The molecule has 1 aromatic heterocycles. The van der Waals surface area contributed by atoms with Crippen molar-refractivity contribution in [2.45, 2.75) is 64.7 Å². The average Bonchev–Trinajstić information content (AvgIpc) is 2.91. The van der Waals surface area contributed by atoms with Gasteiger partial charge < -0.3 is 14.9 Å². The summed E-state index contributed by atoms with van der Waals surface area (Å²) in [4.78, 5) is 22.2. The Morgan fingerprint density at radius 2 is 1.82 bits per heavy atom. The molecule has 124 valence electrons. The van der Waals surface area contributed by atoms with E-state index in [4.69, 9.17) is 9.63 Å². The topological polar surface area (TPSA) is 92.4 Å². The van der Waals surface area contributed by atoms with Gasteiger partial charge in [0.15, 0.2) is 5.69 Å². The van der Waals surface area contributed by atoms with Crippen LogP contribution in [0.3, 0.4) is 0 Å². The van der Waals surface area contributed by atoms with Crippen molar-refractivity contribution in [3.8, 4) is 0 Å². The van der Waals surface area contributed by atoms with Crippen LogP contribution in [0.2, 0.25) is 0 Å². The number of aromatic nitrogens is 1. The number of carbonyl (C=O) groups excluding carboxylic acids is 1. The highest BCUT2D eigenvalue weighted by molar-refractivity contribution is 5.92. The fourth-order valence-electron chi connectivity index (χ4n) is 1.96. The van der Waals surface area contributed by atoms with Gasteiger partial charge in [0, 0.05) is 24.4 Å². The summed E-state index contributed by atoms with van der Waals surface area (Å²) in [5.74, 6) is -0.268. The Morgan fingerprint density at radius 1 is 1.18 bits per heavy atom. The van der Waals surface area contributed by atoms with Crippen LogP contribution in [0.4, 0.5) is 0 Å². The van der Waals surface area contributed by atoms with Crippen LogP contribution >= 0.6 is 0 Å². The van der Waals surface area contributed by atoms with E-state index in [2.05, 4.69) is 10.5 Å². The number of aliphatic carboxylic acids is 1. The van der Waals surface area contributed by atoms with Crippen molar-refractivity contribution >= 4 is 11.9 Å². The van der Waals surface area contributed by atoms with Crippen molar-refractivity contribution in [2.75, 3.05) is 6.54 Å². The standard InChI is InChI=1S/C16H26N2O4/c1-16(2,3)13-11-12(18-22-13)15(21)17-10-8-6-4-5-7-9-14(19)20/h11H,4-10H2,1-3H3,(H,17,21)(H,19,20). The smallest absolute Gasteiger partial charge is 0.303 e. The fraction of sp³-hybridized carbons (Fsp3) is 0.688. The minimum absolute atomic E-state index is 0.165. The van der Waals surface area contributed by atoms with E-state index < -0.39 is 5.97 Å². The molecule has 0 aliphatic rings. The van der Waals surface area contributed by atoms with E-state index in [1.165, 1.54) is 0 Å². The number of carbonyl (C=O) groups is 2. The molecule has 22 heavy (non-hydrogen) atoms. The van der Waals surface area contributed by atoms with Crippen LogP contribution in [0.1, 0.15) is 75.5 Å². The molecule has 0 atom stereocenters. The molecule has 1 rings (SSSR count). The predicted molar refractivity (Wildman–Crippen MR) is 82.9 cm³/mol. The molecule has 0 aliphatic carbocycles. The Bertz CT molecular complexity index is 489. The lowest BCUT2D eigenvalue weighted by molar-refractivity contribution is -0.137. The zero-order chi connectivity index (χ0) is 16.6. The Hall–Kier alpha value is -1.85. The normalized spacial score (nSPS) is 11.4. The van der Waals surface area contributed by atoms with E-state index in [0.717, 1.165) is 32.1 Å². The highest BCUT2D eigenvalue weighted by atomic mass is 16.5. The molecule has 6 heteroatoms.